The number of carbonyl (C=O) groups excluding carboxylic acids is 3. The largest absolute Gasteiger partial charge is 0.507 e. The zero-order valence-corrected chi connectivity index (χ0v) is 19.9. The first-order valence-electron chi connectivity index (χ1n) is 11.4. The molecule has 3 heterocycles. The van der Waals surface area contributed by atoms with Gasteiger partial charge in [-0.3, -0.25) is 14.5 Å². The molecule has 2 aliphatic rings. The third-order valence-corrected chi connectivity index (χ3v) is 6.53. The maximum absolute atomic E-state index is 14.2. The van der Waals surface area contributed by atoms with E-state index in [1.807, 2.05) is 0 Å². The molecule has 0 aliphatic carbocycles. The van der Waals surface area contributed by atoms with Gasteiger partial charge in [-0.1, -0.05) is 12.1 Å². The van der Waals surface area contributed by atoms with Gasteiger partial charge in [0, 0.05) is 37.4 Å². The van der Waals surface area contributed by atoms with Crippen molar-refractivity contribution in [2.45, 2.75) is 19.9 Å². The molecule has 4 rings (SSSR count). The summed E-state index contributed by atoms with van der Waals surface area (Å²) in [7, 11) is 1.24. The number of aromatic nitrogens is 1. The van der Waals surface area contributed by atoms with Crippen LogP contribution >= 0.6 is 0 Å². The van der Waals surface area contributed by atoms with Crippen molar-refractivity contribution in [1.29, 1.82) is 0 Å². The summed E-state index contributed by atoms with van der Waals surface area (Å²) < 4.78 is 24.3. The second-order valence-corrected chi connectivity index (χ2v) is 8.62. The molecule has 1 aromatic carbocycles. The number of esters is 1. The number of ketones is 1. The topological polar surface area (TPSA) is 112 Å². The number of halogens is 1. The summed E-state index contributed by atoms with van der Waals surface area (Å²) >= 11 is 0. The Morgan fingerprint density at radius 3 is 2.60 bits per heavy atom. The molecule has 0 unspecified atom stereocenters. The molecule has 9 nitrogen and oxygen atoms in total. The molecule has 1 amide bonds. The van der Waals surface area contributed by atoms with Crippen molar-refractivity contribution in [3.05, 3.63) is 63.7 Å². The summed E-state index contributed by atoms with van der Waals surface area (Å²) in [5, 5.41) is 11.4. The standard InChI is InChI=1S/C25H28FN3O6/c1-14-18(15(2)27-20(14)25(33)34-3)22(30)19-21(16-5-4-6-17(26)13-16)29(24(32)23(19)31)8-7-28-9-11-35-12-10-28/h4-6,13,21,27,30H,7-12H2,1-3H3/b22-19+/t21-/m0/s1. The quantitative estimate of drug-likeness (QED) is 0.280. The summed E-state index contributed by atoms with van der Waals surface area (Å²) in [6.45, 7) is 6.52. The zero-order chi connectivity index (χ0) is 25.3. The summed E-state index contributed by atoms with van der Waals surface area (Å²) in [6, 6.07) is 4.65. The first-order valence-corrected chi connectivity index (χ1v) is 11.4. The zero-order valence-electron chi connectivity index (χ0n) is 19.9. The molecule has 2 fully saturated rings. The van der Waals surface area contributed by atoms with Gasteiger partial charge in [0.1, 0.15) is 17.3 Å². The van der Waals surface area contributed by atoms with Gasteiger partial charge in [-0.15, -0.1) is 0 Å². The Morgan fingerprint density at radius 2 is 1.94 bits per heavy atom. The number of nitrogens with zero attached hydrogens (tertiary/aromatic N) is 2. The maximum atomic E-state index is 14.2. The number of aliphatic hydroxyl groups is 1. The van der Waals surface area contributed by atoms with E-state index in [4.69, 9.17) is 9.47 Å². The lowest BCUT2D eigenvalue weighted by Gasteiger charge is -2.31. The molecular formula is C25H28FN3O6. The molecule has 0 radical (unpaired) electrons. The van der Waals surface area contributed by atoms with Crippen molar-refractivity contribution in [1.82, 2.24) is 14.8 Å². The van der Waals surface area contributed by atoms with Crippen molar-refractivity contribution in [3.63, 3.8) is 0 Å². The van der Waals surface area contributed by atoms with Gasteiger partial charge in [0.05, 0.1) is 31.9 Å². The number of aryl methyl sites for hydroxylation is 1. The third kappa shape index (κ3) is 4.59. The van der Waals surface area contributed by atoms with Gasteiger partial charge in [-0.25, -0.2) is 9.18 Å². The molecule has 0 bridgehead atoms. The maximum Gasteiger partial charge on any atom is 0.354 e. The van der Waals surface area contributed by atoms with Crippen molar-refractivity contribution < 1.29 is 33.4 Å². The average molecular weight is 486 g/mol. The lowest BCUT2D eigenvalue weighted by Crippen LogP contribution is -2.42. The molecule has 186 valence electrons. The summed E-state index contributed by atoms with van der Waals surface area (Å²) in [6.07, 6.45) is 0. The lowest BCUT2D eigenvalue weighted by atomic mass is 9.94. The van der Waals surface area contributed by atoms with Crippen LogP contribution in [0.25, 0.3) is 5.76 Å². The minimum Gasteiger partial charge on any atom is -0.507 e. The number of Topliss-reactive ketones (excluding diaryl/α,β-unsaturated/α-hetero) is 1. The van der Waals surface area contributed by atoms with Crippen LogP contribution in [0.3, 0.4) is 0 Å². The Bertz CT molecular complexity index is 1200. The fourth-order valence-electron chi connectivity index (χ4n) is 4.75. The molecule has 2 aromatic rings. The summed E-state index contributed by atoms with van der Waals surface area (Å²) in [4.78, 5) is 44.9. The number of methoxy groups -OCH3 is 1. The van der Waals surface area contributed by atoms with Crippen LogP contribution in [0, 0.1) is 19.7 Å². The summed E-state index contributed by atoms with van der Waals surface area (Å²) in [5.41, 5.74) is 1.40. The molecule has 2 saturated heterocycles. The number of amides is 1. The van der Waals surface area contributed by atoms with E-state index in [-0.39, 0.29) is 23.4 Å². The normalized spacial score (nSPS) is 20.5. The highest BCUT2D eigenvalue weighted by molar-refractivity contribution is 6.46. The number of likely N-dealkylation sites (tertiary alicyclic amines) is 1. The fraction of sp³-hybridized carbons (Fsp3) is 0.400. The second-order valence-electron chi connectivity index (χ2n) is 8.62. The van der Waals surface area contributed by atoms with Crippen molar-refractivity contribution in [3.8, 4) is 0 Å². The fourth-order valence-corrected chi connectivity index (χ4v) is 4.75. The van der Waals surface area contributed by atoms with Crippen molar-refractivity contribution in [2.75, 3.05) is 46.5 Å². The molecule has 1 aromatic heterocycles. The van der Waals surface area contributed by atoms with Crippen LogP contribution in [-0.4, -0.2) is 84.1 Å². The Morgan fingerprint density at radius 1 is 1.23 bits per heavy atom. The van der Waals surface area contributed by atoms with E-state index in [1.165, 1.54) is 30.2 Å². The number of benzene rings is 1. The van der Waals surface area contributed by atoms with Gasteiger partial charge in [-0.2, -0.15) is 0 Å². The Balaban J connectivity index is 1.80. The molecular weight excluding hydrogens is 457 g/mol. The molecule has 0 spiro atoms. The number of H-pyrrole nitrogens is 1. The number of hydrogen-bond acceptors (Lipinski definition) is 7. The number of aromatic amines is 1. The minimum absolute atomic E-state index is 0.135. The van der Waals surface area contributed by atoms with Crippen LogP contribution in [-0.2, 0) is 19.1 Å². The Kier molecular flexibility index (Phi) is 7.04. The van der Waals surface area contributed by atoms with Crippen LogP contribution in [0.15, 0.2) is 29.8 Å². The van der Waals surface area contributed by atoms with E-state index in [9.17, 15) is 23.9 Å². The van der Waals surface area contributed by atoms with Crippen LogP contribution in [0.4, 0.5) is 4.39 Å². The van der Waals surface area contributed by atoms with Gasteiger partial charge in [-0.05, 0) is 37.1 Å². The number of morpholine rings is 1. The van der Waals surface area contributed by atoms with Gasteiger partial charge in [0.15, 0.2) is 0 Å². The lowest BCUT2D eigenvalue weighted by molar-refractivity contribution is -0.140. The smallest absolute Gasteiger partial charge is 0.354 e. The molecule has 35 heavy (non-hydrogen) atoms. The molecule has 0 saturated carbocycles. The minimum atomic E-state index is -0.984. The van der Waals surface area contributed by atoms with Gasteiger partial charge in [0.25, 0.3) is 11.7 Å². The van der Waals surface area contributed by atoms with E-state index in [2.05, 4.69) is 9.88 Å². The summed E-state index contributed by atoms with van der Waals surface area (Å²) in [5.74, 6) is -3.21. The van der Waals surface area contributed by atoms with E-state index < -0.39 is 35.3 Å². The third-order valence-electron chi connectivity index (χ3n) is 6.53. The van der Waals surface area contributed by atoms with Crippen LogP contribution in [0.2, 0.25) is 0 Å². The molecule has 10 heteroatoms. The highest BCUT2D eigenvalue weighted by Gasteiger charge is 2.46. The predicted molar refractivity (Wildman–Crippen MR) is 124 cm³/mol. The van der Waals surface area contributed by atoms with Crippen LogP contribution in [0.5, 0.6) is 0 Å². The van der Waals surface area contributed by atoms with E-state index in [1.54, 1.807) is 19.9 Å². The molecule has 2 aliphatic heterocycles. The highest BCUT2D eigenvalue weighted by atomic mass is 19.1. The number of rotatable bonds is 6. The number of nitrogens with one attached hydrogen (secondary N) is 1. The predicted octanol–water partition coefficient (Wildman–Crippen LogP) is 2.31. The van der Waals surface area contributed by atoms with Gasteiger partial charge < -0.3 is 24.5 Å². The molecule has 2 N–H and O–H groups in total. The first kappa shape index (κ1) is 24.6. The number of hydrogen-bond donors (Lipinski definition) is 2. The monoisotopic (exact) mass is 485 g/mol. The van der Waals surface area contributed by atoms with E-state index >= 15 is 0 Å². The number of aliphatic hydroxyl groups excluding tert-OH is 1. The van der Waals surface area contributed by atoms with Gasteiger partial charge >= 0.3 is 5.97 Å². The van der Waals surface area contributed by atoms with Crippen LogP contribution < -0.4 is 0 Å². The van der Waals surface area contributed by atoms with Gasteiger partial charge in [0.2, 0.25) is 0 Å². The number of ether oxygens (including phenoxy) is 2. The highest BCUT2D eigenvalue weighted by Crippen LogP contribution is 2.41. The first-order chi connectivity index (χ1) is 16.7. The van der Waals surface area contributed by atoms with Crippen LogP contribution in [0.1, 0.15) is 38.9 Å². The van der Waals surface area contributed by atoms with Crippen molar-refractivity contribution >= 4 is 23.4 Å². The van der Waals surface area contributed by atoms with E-state index in [0.29, 0.717) is 49.7 Å². The van der Waals surface area contributed by atoms with E-state index in [0.717, 1.165) is 0 Å². The molecule has 1 atom stereocenters. The Labute approximate surface area is 202 Å². The second kappa shape index (κ2) is 10.0. The van der Waals surface area contributed by atoms with Crippen molar-refractivity contribution in [2.24, 2.45) is 0 Å². The SMILES string of the molecule is COC(=O)c1[nH]c(C)c(/C(O)=C2\C(=O)C(=O)N(CCN3CCOCC3)[C@H]2c2cccc(F)c2)c1C. The number of carbonyl (C=O) groups is 3. The Hall–Kier alpha value is -3.50. The average Bonchev–Trinajstić information content (AvgIpc) is 3.29.